The molecule has 0 aromatic heterocycles. The fourth-order valence-corrected chi connectivity index (χ4v) is 1.83. The van der Waals surface area contributed by atoms with Crippen LogP contribution in [0.1, 0.15) is 12.8 Å². The highest BCUT2D eigenvalue weighted by Gasteiger charge is 2.29. The zero-order valence-corrected chi connectivity index (χ0v) is 6.16. The Kier molecular flexibility index (Phi) is 1.64. The lowest BCUT2D eigenvalue weighted by molar-refractivity contribution is -0.00111. The summed E-state index contributed by atoms with van der Waals surface area (Å²) in [6.45, 7) is 4.02. The van der Waals surface area contributed by atoms with E-state index in [2.05, 4.69) is 10.0 Å². The molecule has 1 N–H and O–H groups in total. The molecule has 0 aliphatic carbocycles. The number of nitrogens with zero attached hydrogens (tertiary/aromatic N) is 2. The van der Waals surface area contributed by atoms with Crippen molar-refractivity contribution in [1.82, 2.24) is 10.0 Å². The largest absolute Gasteiger partial charge is 0.390 e. The number of hydrazine groups is 1. The van der Waals surface area contributed by atoms with Gasteiger partial charge in [-0.25, -0.2) is 10.0 Å². The lowest BCUT2D eigenvalue weighted by Crippen LogP contribution is -2.41. The number of fused-ring (bicyclic) bond motifs is 1. The predicted octanol–water partition coefficient (Wildman–Crippen LogP) is -0.326. The van der Waals surface area contributed by atoms with Gasteiger partial charge in [0, 0.05) is 26.2 Å². The Balaban J connectivity index is 1.97. The van der Waals surface area contributed by atoms with Crippen LogP contribution < -0.4 is 0 Å². The van der Waals surface area contributed by atoms with E-state index in [9.17, 15) is 5.11 Å². The van der Waals surface area contributed by atoms with E-state index in [0.29, 0.717) is 0 Å². The first-order valence-corrected chi connectivity index (χ1v) is 4.04. The Bertz CT molecular complexity index is 115. The van der Waals surface area contributed by atoms with Crippen LogP contribution in [0.2, 0.25) is 0 Å². The lowest BCUT2D eigenvalue weighted by atomic mass is 10.2. The van der Waals surface area contributed by atoms with Crippen molar-refractivity contribution < 1.29 is 5.11 Å². The maximum atomic E-state index is 9.28. The van der Waals surface area contributed by atoms with Crippen molar-refractivity contribution >= 4 is 0 Å². The third-order valence-corrected chi connectivity index (χ3v) is 2.33. The normalized spacial score (nSPS) is 30.9. The van der Waals surface area contributed by atoms with Gasteiger partial charge >= 0.3 is 0 Å². The Labute approximate surface area is 61.2 Å². The molecule has 0 spiro atoms. The van der Waals surface area contributed by atoms with E-state index in [1.165, 1.54) is 12.8 Å². The molecule has 3 nitrogen and oxygen atoms in total. The van der Waals surface area contributed by atoms with Gasteiger partial charge in [0.2, 0.25) is 0 Å². The summed E-state index contributed by atoms with van der Waals surface area (Å²) in [5, 5.41) is 13.8. The van der Waals surface area contributed by atoms with Crippen LogP contribution >= 0.6 is 0 Å². The zero-order chi connectivity index (χ0) is 6.97. The first-order chi connectivity index (χ1) is 4.86. The minimum atomic E-state index is -0.0990. The molecule has 0 radical (unpaired) electrons. The second-order valence-electron chi connectivity index (χ2n) is 3.19. The third kappa shape index (κ3) is 1.05. The molecule has 2 rings (SSSR count). The molecule has 0 amide bonds. The van der Waals surface area contributed by atoms with E-state index in [4.69, 9.17) is 0 Å². The van der Waals surface area contributed by atoms with Crippen molar-refractivity contribution in [1.29, 1.82) is 0 Å². The highest BCUT2D eigenvalue weighted by atomic mass is 16.3. The average Bonchev–Trinajstić information content (AvgIpc) is 2.27. The zero-order valence-electron chi connectivity index (χ0n) is 6.16. The quantitative estimate of drug-likeness (QED) is 0.502. The topological polar surface area (TPSA) is 26.7 Å². The molecule has 0 unspecified atom stereocenters. The molecule has 2 heterocycles. The predicted molar refractivity (Wildman–Crippen MR) is 38.4 cm³/mol. The second-order valence-corrected chi connectivity index (χ2v) is 3.19. The first-order valence-electron chi connectivity index (χ1n) is 4.04. The molecule has 0 bridgehead atoms. The second kappa shape index (κ2) is 2.49. The summed E-state index contributed by atoms with van der Waals surface area (Å²) < 4.78 is 0. The van der Waals surface area contributed by atoms with E-state index in [0.717, 1.165) is 26.2 Å². The SMILES string of the molecule is OC1CN2CCCCN2C1. The minimum Gasteiger partial charge on any atom is -0.390 e. The van der Waals surface area contributed by atoms with Gasteiger partial charge in [-0.3, -0.25) is 0 Å². The van der Waals surface area contributed by atoms with Gasteiger partial charge in [0.25, 0.3) is 0 Å². The van der Waals surface area contributed by atoms with Gasteiger partial charge in [0.1, 0.15) is 0 Å². The van der Waals surface area contributed by atoms with Crippen LogP contribution in [0.3, 0.4) is 0 Å². The van der Waals surface area contributed by atoms with Crippen LogP contribution in [-0.4, -0.2) is 47.4 Å². The third-order valence-electron chi connectivity index (χ3n) is 2.33. The Morgan fingerprint density at radius 3 is 2.00 bits per heavy atom. The molecule has 0 aromatic carbocycles. The monoisotopic (exact) mass is 142 g/mol. The van der Waals surface area contributed by atoms with Gasteiger partial charge in [0.15, 0.2) is 0 Å². The van der Waals surface area contributed by atoms with Crippen LogP contribution in [0.5, 0.6) is 0 Å². The van der Waals surface area contributed by atoms with E-state index in [-0.39, 0.29) is 6.10 Å². The summed E-state index contributed by atoms with van der Waals surface area (Å²) in [5.74, 6) is 0. The van der Waals surface area contributed by atoms with Crippen LogP contribution in [-0.2, 0) is 0 Å². The first kappa shape index (κ1) is 6.58. The van der Waals surface area contributed by atoms with Crippen molar-refractivity contribution in [3.05, 3.63) is 0 Å². The van der Waals surface area contributed by atoms with Crippen LogP contribution in [0.4, 0.5) is 0 Å². The van der Waals surface area contributed by atoms with Crippen molar-refractivity contribution in [2.45, 2.75) is 18.9 Å². The van der Waals surface area contributed by atoms with E-state index < -0.39 is 0 Å². The number of hydrogen-bond acceptors (Lipinski definition) is 3. The number of hydrogen-bond donors (Lipinski definition) is 1. The van der Waals surface area contributed by atoms with Crippen LogP contribution in [0.25, 0.3) is 0 Å². The summed E-state index contributed by atoms with van der Waals surface area (Å²) in [6.07, 6.45) is 2.49. The molecule has 0 saturated carbocycles. The van der Waals surface area contributed by atoms with E-state index in [1.54, 1.807) is 0 Å². The number of rotatable bonds is 0. The smallest absolute Gasteiger partial charge is 0.0822 e. The molecule has 2 aliphatic heterocycles. The highest BCUT2D eigenvalue weighted by molar-refractivity contribution is 4.78. The highest BCUT2D eigenvalue weighted by Crippen LogP contribution is 2.16. The van der Waals surface area contributed by atoms with Crippen molar-refractivity contribution in [3.8, 4) is 0 Å². The fraction of sp³-hybridized carbons (Fsp3) is 1.00. The maximum Gasteiger partial charge on any atom is 0.0822 e. The molecule has 0 aromatic rings. The molecule has 2 fully saturated rings. The standard InChI is InChI=1S/C7H14N2O/c10-7-5-8-3-1-2-4-9(8)6-7/h7,10H,1-6H2. The molecular formula is C7H14N2O. The Morgan fingerprint density at radius 2 is 1.50 bits per heavy atom. The average molecular weight is 142 g/mol. The molecule has 2 aliphatic rings. The van der Waals surface area contributed by atoms with Gasteiger partial charge in [0.05, 0.1) is 6.10 Å². The van der Waals surface area contributed by atoms with Crippen molar-refractivity contribution in [2.75, 3.05) is 26.2 Å². The van der Waals surface area contributed by atoms with Crippen molar-refractivity contribution in [2.24, 2.45) is 0 Å². The molecule has 2 saturated heterocycles. The summed E-state index contributed by atoms with van der Waals surface area (Å²) in [4.78, 5) is 0. The van der Waals surface area contributed by atoms with Gasteiger partial charge in [-0.2, -0.15) is 0 Å². The van der Waals surface area contributed by atoms with Gasteiger partial charge in [-0.15, -0.1) is 0 Å². The summed E-state index contributed by atoms with van der Waals surface area (Å²) >= 11 is 0. The number of aliphatic hydroxyl groups excluding tert-OH is 1. The maximum absolute atomic E-state index is 9.28. The minimum absolute atomic E-state index is 0.0990. The fourth-order valence-electron chi connectivity index (χ4n) is 1.83. The molecule has 10 heavy (non-hydrogen) atoms. The molecular weight excluding hydrogens is 128 g/mol. The Morgan fingerprint density at radius 1 is 1.00 bits per heavy atom. The van der Waals surface area contributed by atoms with Gasteiger partial charge < -0.3 is 5.11 Å². The van der Waals surface area contributed by atoms with Gasteiger partial charge in [-0.1, -0.05) is 0 Å². The summed E-state index contributed by atoms with van der Waals surface area (Å²) in [5.41, 5.74) is 0. The molecule has 58 valence electrons. The van der Waals surface area contributed by atoms with Crippen LogP contribution in [0.15, 0.2) is 0 Å². The molecule has 0 atom stereocenters. The summed E-state index contributed by atoms with van der Waals surface area (Å²) in [7, 11) is 0. The van der Waals surface area contributed by atoms with Gasteiger partial charge in [-0.05, 0) is 12.8 Å². The Hall–Kier alpha value is -0.120. The van der Waals surface area contributed by atoms with E-state index in [1.807, 2.05) is 0 Å². The lowest BCUT2D eigenvalue weighted by Gasteiger charge is -2.31. The molecule has 3 heteroatoms. The summed E-state index contributed by atoms with van der Waals surface area (Å²) in [6, 6.07) is 0. The van der Waals surface area contributed by atoms with Crippen molar-refractivity contribution in [3.63, 3.8) is 0 Å². The van der Waals surface area contributed by atoms with Crippen LogP contribution in [0, 0.1) is 0 Å². The van der Waals surface area contributed by atoms with E-state index >= 15 is 0 Å². The number of aliphatic hydroxyl groups is 1.